The molecule has 0 aromatic heterocycles. The van der Waals surface area contributed by atoms with Gasteiger partial charge in [-0.3, -0.25) is 4.79 Å². The van der Waals surface area contributed by atoms with Gasteiger partial charge >= 0.3 is 0 Å². The predicted octanol–water partition coefficient (Wildman–Crippen LogP) is 6.62. The summed E-state index contributed by atoms with van der Waals surface area (Å²) in [5.41, 5.74) is 5.01. The lowest BCUT2D eigenvalue weighted by atomic mass is 9.87. The smallest absolute Gasteiger partial charge is 0.271 e. The van der Waals surface area contributed by atoms with Crippen LogP contribution in [0.15, 0.2) is 76.3 Å². The van der Waals surface area contributed by atoms with Crippen molar-refractivity contribution in [2.45, 2.75) is 26.2 Å². The summed E-state index contributed by atoms with van der Waals surface area (Å²) < 4.78 is 12.5. The minimum absolute atomic E-state index is 0.106. The topological polar surface area (TPSA) is 59.9 Å². The molecule has 0 fully saturated rings. The normalized spacial score (nSPS) is 11.4. The lowest BCUT2D eigenvalue weighted by Crippen LogP contribution is -2.17. The SMILES string of the molecule is CC(C)(C)c1ccc(OCCOc2ccc(Br)cc2/C=N\NC(=O)c2cccc(Cl)c2)cc1. The number of hydrogen-bond acceptors (Lipinski definition) is 4. The number of carbonyl (C=O) groups is 1. The molecule has 0 aliphatic carbocycles. The third-order valence-electron chi connectivity index (χ3n) is 4.76. The molecule has 0 atom stereocenters. The number of carbonyl (C=O) groups excluding carboxylic acids is 1. The zero-order valence-electron chi connectivity index (χ0n) is 18.8. The molecule has 0 saturated carbocycles. The minimum atomic E-state index is -0.350. The zero-order valence-corrected chi connectivity index (χ0v) is 21.1. The molecule has 0 saturated heterocycles. The van der Waals surface area contributed by atoms with Crippen LogP contribution < -0.4 is 14.9 Å². The van der Waals surface area contributed by atoms with Crippen molar-refractivity contribution >= 4 is 39.7 Å². The highest BCUT2D eigenvalue weighted by atomic mass is 79.9. The van der Waals surface area contributed by atoms with Crippen molar-refractivity contribution < 1.29 is 14.3 Å². The first-order chi connectivity index (χ1) is 15.7. The van der Waals surface area contributed by atoms with Crippen LogP contribution in [0.2, 0.25) is 5.02 Å². The van der Waals surface area contributed by atoms with E-state index in [-0.39, 0.29) is 11.3 Å². The number of hydrogen-bond donors (Lipinski definition) is 1. The Kier molecular flexibility index (Phi) is 8.53. The Labute approximate surface area is 207 Å². The molecule has 3 rings (SSSR count). The Hall–Kier alpha value is -2.83. The van der Waals surface area contributed by atoms with Gasteiger partial charge in [0, 0.05) is 20.6 Å². The summed E-state index contributed by atoms with van der Waals surface area (Å²) >= 11 is 9.38. The molecule has 3 aromatic rings. The van der Waals surface area contributed by atoms with Crippen LogP contribution in [0.1, 0.15) is 42.3 Å². The second kappa shape index (κ2) is 11.3. The number of amides is 1. The van der Waals surface area contributed by atoms with E-state index in [0.717, 1.165) is 10.2 Å². The summed E-state index contributed by atoms with van der Waals surface area (Å²) in [5, 5.41) is 4.54. The summed E-state index contributed by atoms with van der Waals surface area (Å²) in [6.45, 7) is 7.29. The maximum atomic E-state index is 12.2. The van der Waals surface area contributed by atoms with E-state index < -0.39 is 0 Å². The molecule has 0 bridgehead atoms. The van der Waals surface area contributed by atoms with Gasteiger partial charge < -0.3 is 9.47 Å². The van der Waals surface area contributed by atoms with Gasteiger partial charge in [0.25, 0.3) is 5.91 Å². The Balaban J connectivity index is 1.55. The van der Waals surface area contributed by atoms with Gasteiger partial charge in [-0.15, -0.1) is 0 Å². The molecule has 3 aromatic carbocycles. The second-order valence-electron chi connectivity index (χ2n) is 8.36. The zero-order chi connectivity index (χ0) is 23.8. The standard InChI is InChI=1S/C26H26BrClN2O3/c1-26(2,3)20-7-10-23(11-8-20)32-13-14-33-24-12-9-21(27)15-19(24)17-29-30-25(31)18-5-4-6-22(28)16-18/h4-12,15-17H,13-14H2,1-3H3,(H,30,31)/b29-17-. The lowest BCUT2D eigenvalue weighted by Gasteiger charge is -2.19. The average molecular weight is 530 g/mol. The molecule has 0 radical (unpaired) electrons. The van der Waals surface area contributed by atoms with E-state index in [4.69, 9.17) is 21.1 Å². The highest BCUT2D eigenvalue weighted by Gasteiger charge is 2.13. The van der Waals surface area contributed by atoms with E-state index in [2.05, 4.69) is 59.4 Å². The Morgan fingerprint density at radius 1 is 1.03 bits per heavy atom. The molecule has 172 valence electrons. The summed E-state index contributed by atoms with van der Waals surface area (Å²) in [4.78, 5) is 12.2. The average Bonchev–Trinajstić information content (AvgIpc) is 2.77. The van der Waals surface area contributed by atoms with Crippen molar-refractivity contribution in [2.24, 2.45) is 5.10 Å². The van der Waals surface area contributed by atoms with Crippen LogP contribution in [0.25, 0.3) is 0 Å². The number of halogens is 2. The van der Waals surface area contributed by atoms with E-state index in [1.807, 2.05) is 30.3 Å². The molecule has 0 aliphatic heterocycles. The Bertz CT molecular complexity index is 1130. The maximum Gasteiger partial charge on any atom is 0.271 e. The van der Waals surface area contributed by atoms with Crippen LogP contribution in [0.4, 0.5) is 0 Å². The molecule has 0 heterocycles. The van der Waals surface area contributed by atoms with Gasteiger partial charge in [0.05, 0.1) is 6.21 Å². The van der Waals surface area contributed by atoms with E-state index in [0.29, 0.717) is 35.1 Å². The monoisotopic (exact) mass is 528 g/mol. The van der Waals surface area contributed by atoms with Crippen LogP contribution in [0.5, 0.6) is 11.5 Å². The third kappa shape index (κ3) is 7.62. The van der Waals surface area contributed by atoms with E-state index in [1.54, 1.807) is 24.3 Å². The molecule has 7 heteroatoms. The molecule has 0 unspecified atom stereocenters. The van der Waals surface area contributed by atoms with Gasteiger partial charge in [-0.1, -0.05) is 66.5 Å². The van der Waals surface area contributed by atoms with Gasteiger partial charge in [0.15, 0.2) is 0 Å². The van der Waals surface area contributed by atoms with Crippen LogP contribution in [0.3, 0.4) is 0 Å². The second-order valence-corrected chi connectivity index (χ2v) is 9.72. The van der Waals surface area contributed by atoms with Crippen molar-refractivity contribution in [2.75, 3.05) is 13.2 Å². The van der Waals surface area contributed by atoms with Crippen molar-refractivity contribution in [3.8, 4) is 11.5 Å². The fraction of sp³-hybridized carbons (Fsp3) is 0.231. The summed E-state index contributed by atoms with van der Waals surface area (Å²) in [5.74, 6) is 1.08. The van der Waals surface area contributed by atoms with Gasteiger partial charge in [0.1, 0.15) is 24.7 Å². The highest BCUT2D eigenvalue weighted by molar-refractivity contribution is 9.10. The summed E-state index contributed by atoms with van der Waals surface area (Å²) in [7, 11) is 0. The molecular formula is C26H26BrClN2O3. The fourth-order valence-corrected chi connectivity index (χ4v) is 3.54. The predicted molar refractivity (Wildman–Crippen MR) is 137 cm³/mol. The summed E-state index contributed by atoms with van der Waals surface area (Å²) in [6.07, 6.45) is 1.54. The molecule has 1 amide bonds. The number of nitrogens with zero attached hydrogens (tertiary/aromatic N) is 1. The van der Waals surface area contributed by atoms with E-state index >= 15 is 0 Å². The first-order valence-electron chi connectivity index (χ1n) is 10.5. The van der Waals surface area contributed by atoms with E-state index in [9.17, 15) is 4.79 Å². The van der Waals surface area contributed by atoms with Crippen molar-refractivity contribution in [1.82, 2.24) is 5.43 Å². The van der Waals surface area contributed by atoms with E-state index in [1.165, 1.54) is 11.8 Å². The Morgan fingerprint density at radius 3 is 2.45 bits per heavy atom. The van der Waals surface area contributed by atoms with Gasteiger partial charge in [-0.05, 0) is 59.5 Å². The van der Waals surface area contributed by atoms with Crippen LogP contribution >= 0.6 is 27.5 Å². The number of ether oxygens (including phenoxy) is 2. The lowest BCUT2D eigenvalue weighted by molar-refractivity contribution is 0.0955. The van der Waals surface area contributed by atoms with Crippen molar-refractivity contribution in [1.29, 1.82) is 0 Å². The van der Waals surface area contributed by atoms with Gasteiger partial charge in [-0.2, -0.15) is 5.10 Å². The first-order valence-corrected chi connectivity index (χ1v) is 11.6. The van der Waals surface area contributed by atoms with Crippen LogP contribution in [-0.4, -0.2) is 25.3 Å². The van der Waals surface area contributed by atoms with Gasteiger partial charge in [-0.25, -0.2) is 5.43 Å². The molecule has 0 aliphatic rings. The first kappa shape index (κ1) is 24.8. The highest BCUT2D eigenvalue weighted by Crippen LogP contribution is 2.25. The molecule has 1 N–H and O–H groups in total. The summed E-state index contributed by atoms with van der Waals surface area (Å²) in [6, 6.07) is 20.3. The third-order valence-corrected chi connectivity index (χ3v) is 5.49. The quantitative estimate of drug-likeness (QED) is 0.203. The van der Waals surface area contributed by atoms with Crippen LogP contribution in [-0.2, 0) is 5.41 Å². The molecule has 0 spiro atoms. The molecular weight excluding hydrogens is 504 g/mol. The number of benzene rings is 3. The van der Waals surface area contributed by atoms with Crippen molar-refractivity contribution in [3.05, 3.63) is 92.9 Å². The number of hydrazone groups is 1. The molecule has 5 nitrogen and oxygen atoms in total. The minimum Gasteiger partial charge on any atom is -0.490 e. The maximum absolute atomic E-state index is 12.2. The Morgan fingerprint density at radius 2 is 1.76 bits per heavy atom. The van der Waals surface area contributed by atoms with Crippen molar-refractivity contribution in [3.63, 3.8) is 0 Å². The number of nitrogens with one attached hydrogen (secondary N) is 1. The van der Waals surface area contributed by atoms with Gasteiger partial charge in [0.2, 0.25) is 0 Å². The largest absolute Gasteiger partial charge is 0.490 e. The van der Waals surface area contributed by atoms with Crippen LogP contribution in [0, 0.1) is 0 Å². The fourth-order valence-electron chi connectivity index (χ4n) is 2.97. The number of rotatable bonds is 8. The molecule has 33 heavy (non-hydrogen) atoms.